The highest BCUT2D eigenvalue weighted by Crippen LogP contribution is 2.23. The Morgan fingerprint density at radius 1 is 0.714 bits per heavy atom. The minimum atomic E-state index is -0.331. The molecular formula is C23H20BF3O. The Morgan fingerprint density at radius 2 is 1.11 bits per heavy atom. The summed E-state index contributed by atoms with van der Waals surface area (Å²) in [5.41, 5.74) is 4.40. The molecule has 28 heavy (non-hydrogen) atoms. The molecule has 0 aliphatic rings. The second-order valence-corrected chi connectivity index (χ2v) is 6.67. The molecule has 0 unspecified atom stereocenters. The van der Waals surface area contributed by atoms with E-state index in [1.807, 2.05) is 6.92 Å². The SMILES string of the molecule is COC/C(C)=C(\B(c1ccc(F)cc1)c1ccc(F)cc1)c1ccc(F)cc1. The minimum Gasteiger partial charge on any atom is -0.380 e. The molecule has 3 aromatic rings. The number of rotatable bonds is 6. The molecule has 142 valence electrons. The van der Waals surface area contributed by atoms with Crippen molar-refractivity contribution in [3.05, 3.63) is 101 Å². The van der Waals surface area contributed by atoms with E-state index in [0.717, 1.165) is 27.5 Å². The summed E-state index contributed by atoms with van der Waals surface area (Å²) in [4.78, 5) is 0. The van der Waals surface area contributed by atoms with Gasteiger partial charge in [-0.25, -0.2) is 13.2 Å². The van der Waals surface area contributed by atoms with Gasteiger partial charge in [0, 0.05) is 7.11 Å². The van der Waals surface area contributed by atoms with Crippen LogP contribution < -0.4 is 10.9 Å². The average molecular weight is 380 g/mol. The molecule has 0 N–H and O–H groups in total. The quantitative estimate of drug-likeness (QED) is 0.577. The van der Waals surface area contributed by atoms with Gasteiger partial charge in [-0.3, -0.25) is 0 Å². The average Bonchev–Trinajstić information content (AvgIpc) is 2.69. The lowest BCUT2D eigenvalue weighted by Gasteiger charge is -2.22. The smallest absolute Gasteiger partial charge is 0.242 e. The maximum absolute atomic E-state index is 13.5. The Hall–Kier alpha value is -2.79. The van der Waals surface area contributed by atoms with Gasteiger partial charge in [-0.2, -0.15) is 0 Å². The maximum atomic E-state index is 13.5. The fourth-order valence-corrected chi connectivity index (χ4v) is 3.42. The molecule has 0 amide bonds. The topological polar surface area (TPSA) is 9.23 Å². The molecular weight excluding hydrogens is 360 g/mol. The molecule has 0 radical (unpaired) electrons. The summed E-state index contributed by atoms with van der Waals surface area (Å²) < 4.78 is 45.9. The van der Waals surface area contributed by atoms with Crippen LogP contribution in [0.25, 0.3) is 5.47 Å². The summed E-state index contributed by atoms with van der Waals surface area (Å²) in [6, 6.07) is 18.7. The van der Waals surface area contributed by atoms with Crippen LogP contribution in [-0.4, -0.2) is 20.4 Å². The van der Waals surface area contributed by atoms with E-state index < -0.39 is 0 Å². The van der Waals surface area contributed by atoms with Gasteiger partial charge >= 0.3 is 0 Å². The standard InChI is InChI=1S/C23H20BF3O/c1-16(15-28-2)23(17-3-9-20(25)10-4-17)24(18-5-11-21(26)12-6-18)19-7-13-22(27)14-8-19/h3-14H,15H2,1-2H3/b23-16-. The normalized spacial score (nSPS) is 11.9. The second-order valence-electron chi connectivity index (χ2n) is 6.67. The third-order valence-corrected chi connectivity index (χ3v) is 4.67. The fourth-order valence-electron chi connectivity index (χ4n) is 3.42. The van der Waals surface area contributed by atoms with Crippen molar-refractivity contribution < 1.29 is 17.9 Å². The zero-order valence-electron chi connectivity index (χ0n) is 15.8. The van der Waals surface area contributed by atoms with E-state index in [2.05, 4.69) is 0 Å². The van der Waals surface area contributed by atoms with Gasteiger partial charge in [0.05, 0.1) is 6.61 Å². The second kappa shape index (κ2) is 8.94. The summed E-state index contributed by atoms with van der Waals surface area (Å²) in [6.45, 7) is 2.04. The van der Waals surface area contributed by atoms with Crippen molar-refractivity contribution in [3.63, 3.8) is 0 Å². The molecule has 3 rings (SSSR count). The van der Waals surface area contributed by atoms with Crippen molar-refractivity contribution in [1.82, 2.24) is 0 Å². The lowest BCUT2D eigenvalue weighted by Crippen LogP contribution is -2.44. The van der Waals surface area contributed by atoms with E-state index in [-0.39, 0.29) is 24.2 Å². The van der Waals surface area contributed by atoms with Crippen LogP contribution in [0, 0.1) is 17.5 Å². The van der Waals surface area contributed by atoms with Gasteiger partial charge in [0.15, 0.2) is 0 Å². The van der Waals surface area contributed by atoms with Crippen molar-refractivity contribution in [2.45, 2.75) is 6.92 Å². The third kappa shape index (κ3) is 4.54. The molecule has 0 saturated heterocycles. The fraction of sp³-hybridized carbons (Fsp3) is 0.130. The third-order valence-electron chi connectivity index (χ3n) is 4.67. The number of methoxy groups -OCH3 is 1. The molecule has 3 aromatic carbocycles. The van der Waals surface area contributed by atoms with Crippen LogP contribution in [0.5, 0.6) is 0 Å². The molecule has 0 aliphatic carbocycles. The lowest BCUT2D eigenvalue weighted by molar-refractivity contribution is 0.226. The van der Waals surface area contributed by atoms with Gasteiger partial charge in [-0.1, -0.05) is 58.4 Å². The molecule has 1 nitrogen and oxygen atoms in total. The van der Waals surface area contributed by atoms with Gasteiger partial charge in [0.1, 0.15) is 17.5 Å². The van der Waals surface area contributed by atoms with Crippen LogP contribution in [0.4, 0.5) is 13.2 Å². The Kier molecular flexibility index (Phi) is 6.37. The maximum Gasteiger partial charge on any atom is 0.242 e. The molecule has 0 aromatic heterocycles. The van der Waals surface area contributed by atoms with Gasteiger partial charge in [-0.15, -0.1) is 0 Å². The summed E-state index contributed by atoms with van der Waals surface area (Å²) in [5, 5.41) is 0. The Bertz CT molecular complexity index is 903. The van der Waals surface area contributed by atoms with E-state index >= 15 is 0 Å². The number of benzene rings is 3. The highest BCUT2D eigenvalue weighted by atomic mass is 19.1. The first kappa shape index (κ1) is 20.0. The summed E-state index contributed by atoms with van der Waals surface area (Å²) in [5.74, 6) is -0.988. The highest BCUT2D eigenvalue weighted by molar-refractivity contribution is 6.99. The number of ether oxygens (including phenoxy) is 1. The van der Waals surface area contributed by atoms with Gasteiger partial charge < -0.3 is 4.74 Å². The zero-order valence-corrected chi connectivity index (χ0v) is 15.8. The first-order chi connectivity index (χ1) is 13.5. The van der Waals surface area contributed by atoms with Crippen LogP contribution >= 0.6 is 0 Å². The van der Waals surface area contributed by atoms with Gasteiger partial charge in [0.25, 0.3) is 0 Å². The van der Waals surface area contributed by atoms with Gasteiger partial charge in [-0.05, 0) is 48.9 Å². The van der Waals surface area contributed by atoms with Crippen molar-refractivity contribution in [2.24, 2.45) is 0 Å². The highest BCUT2D eigenvalue weighted by Gasteiger charge is 2.27. The number of hydrogen-bond acceptors (Lipinski definition) is 1. The lowest BCUT2D eigenvalue weighted by atomic mass is 9.34. The van der Waals surface area contributed by atoms with Crippen LogP contribution in [0.3, 0.4) is 0 Å². The molecule has 5 heteroatoms. The van der Waals surface area contributed by atoms with Crippen LogP contribution in [0.15, 0.2) is 78.4 Å². The van der Waals surface area contributed by atoms with E-state index in [1.165, 1.54) is 36.4 Å². The molecule has 0 spiro atoms. The molecule has 0 aliphatic heterocycles. The van der Waals surface area contributed by atoms with Crippen molar-refractivity contribution in [1.29, 1.82) is 0 Å². The Morgan fingerprint density at radius 3 is 1.50 bits per heavy atom. The first-order valence-electron chi connectivity index (χ1n) is 8.95. The van der Waals surface area contributed by atoms with Crippen LogP contribution in [0.2, 0.25) is 0 Å². The van der Waals surface area contributed by atoms with E-state index in [9.17, 15) is 13.2 Å². The van der Waals surface area contributed by atoms with Crippen molar-refractivity contribution in [2.75, 3.05) is 13.7 Å². The van der Waals surface area contributed by atoms with Crippen molar-refractivity contribution in [3.8, 4) is 0 Å². The van der Waals surface area contributed by atoms with E-state index in [1.54, 1.807) is 43.5 Å². The largest absolute Gasteiger partial charge is 0.380 e. The predicted octanol–water partition coefficient (Wildman–Crippen LogP) is 4.37. The molecule has 0 bridgehead atoms. The molecule has 0 heterocycles. The van der Waals surface area contributed by atoms with E-state index in [4.69, 9.17) is 4.74 Å². The Balaban J connectivity index is 2.24. The first-order valence-corrected chi connectivity index (χ1v) is 8.95. The monoisotopic (exact) mass is 380 g/mol. The number of halogens is 3. The summed E-state index contributed by atoms with van der Waals surface area (Å²) >= 11 is 0. The van der Waals surface area contributed by atoms with Crippen LogP contribution in [-0.2, 0) is 4.74 Å². The van der Waals surface area contributed by atoms with Crippen LogP contribution in [0.1, 0.15) is 12.5 Å². The summed E-state index contributed by atoms with van der Waals surface area (Å²) in [7, 11) is 1.61. The molecule has 0 fully saturated rings. The number of hydrogen-bond donors (Lipinski definition) is 0. The van der Waals surface area contributed by atoms with E-state index in [0.29, 0.717) is 6.61 Å². The molecule has 0 atom stereocenters. The van der Waals surface area contributed by atoms with Gasteiger partial charge in [0.2, 0.25) is 6.71 Å². The minimum absolute atomic E-state index is 0.290. The van der Waals surface area contributed by atoms with Crippen molar-refractivity contribution >= 4 is 23.1 Å². The summed E-state index contributed by atoms with van der Waals surface area (Å²) in [6.07, 6.45) is 0. The predicted molar refractivity (Wildman–Crippen MR) is 109 cm³/mol. The zero-order chi connectivity index (χ0) is 20.1. The Labute approximate surface area is 163 Å². The molecule has 0 saturated carbocycles.